The van der Waals surface area contributed by atoms with Crippen molar-refractivity contribution < 1.29 is 19.2 Å². The van der Waals surface area contributed by atoms with Gasteiger partial charge in [-0.15, -0.1) is 0 Å². The van der Waals surface area contributed by atoms with Crippen molar-refractivity contribution >= 4 is 17.6 Å². The van der Waals surface area contributed by atoms with Gasteiger partial charge in [0.05, 0.1) is 11.5 Å². The lowest BCUT2D eigenvalue weighted by Gasteiger charge is -2.44. The third-order valence-electron chi connectivity index (χ3n) is 6.99. The van der Waals surface area contributed by atoms with E-state index >= 15 is 0 Å². The maximum Gasteiger partial charge on any atom is 0.246 e. The van der Waals surface area contributed by atoms with Gasteiger partial charge in [-0.1, -0.05) is 54.6 Å². The molecule has 2 amide bonds. The molecule has 0 aromatic heterocycles. The van der Waals surface area contributed by atoms with Crippen LogP contribution in [0.5, 0.6) is 0 Å². The summed E-state index contributed by atoms with van der Waals surface area (Å²) in [5.74, 6) is -0.294. The van der Waals surface area contributed by atoms with Crippen LogP contribution in [0.1, 0.15) is 59.5 Å². The number of hydroxylamine groups is 2. The van der Waals surface area contributed by atoms with E-state index in [1.54, 1.807) is 5.06 Å². The number of carbonyl (C=O) groups excluding carboxylic acids is 3. The quantitative estimate of drug-likeness (QED) is 0.763. The van der Waals surface area contributed by atoms with Crippen molar-refractivity contribution in [1.82, 2.24) is 9.96 Å². The zero-order chi connectivity index (χ0) is 21.4. The second-order valence-electron chi connectivity index (χ2n) is 8.76. The molecular formula is C25H26N2O4. The van der Waals surface area contributed by atoms with Gasteiger partial charge in [-0.25, -0.2) is 5.06 Å². The van der Waals surface area contributed by atoms with Gasteiger partial charge in [0, 0.05) is 31.5 Å². The number of nitrogens with zero attached hydrogens (tertiary/aromatic N) is 2. The molecule has 2 heterocycles. The number of Topliss-reactive ketones (excluding diaryl/α,β-unsaturated/α-hetero) is 1. The number of rotatable bonds is 4. The predicted molar refractivity (Wildman–Crippen MR) is 114 cm³/mol. The summed E-state index contributed by atoms with van der Waals surface area (Å²) in [5.41, 5.74) is 2.21. The molecule has 2 saturated heterocycles. The molecule has 0 saturated carbocycles. The molecule has 0 N–H and O–H groups in total. The van der Waals surface area contributed by atoms with Crippen LogP contribution in [0.2, 0.25) is 0 Å². The minimum atomic E-state index is -0.381. The molecule has 0 radical (unpaired) electrons. The molecule has 2 aromatic rings. The smallest absolute Gasteiger partial charge is 0.246 e. The standard InChI is InChI=1S/C25H26N2O4/c28-22-16-21(19-8-4-5-9-20(19)22)24(30)26-14-12-25(13-15-26)11-10-23(29)27(25)31-17-18-6-2-1-3-7-18/h1-9,21H,10-17H2. The number of hydrogen-bond acceptors (Lipinski definition) is 4. The number of benzene rings is 2. The van der Waals surface area contributed by atoms with Crippen LogP contribution in [0.4, 0.5) is 0 Å². The fourth-order valence-corrected chi connectivity index (χ4v) is 5.23. The Bertz CT molecular complexity index is 1010. The van der Waals surface area contributed by atoms with E-state index in [1.165, 1.54) is 0 Å². The molecule has 2 aromatic carbocycles. The number of carbonyl (C=O) groups is 3. The molecule has 1 aliphatic carbocycles. The van der Waals surface area contributed by atoms with Gasteiger partial charge in [0.1, 0.15) is 6.61 Å². The summed E-state index contributed by atoms with van der Waals surface area (Å²) in [5, 5.41) is 1.59. The monoisotopic (exact) mass is 418 g/mol. The van der Waals surface area contributed by atoms with Gasteiger partial charge in [-0.05, 0) is 30.4 Å². The molecule has 160 valence electrons. The molecule has 6 heteroatoms. The molecule has 5 rings (SSSR count). The van der Waals surface area contributed by atoms with E-state index in [0.717, 1.165) is 17.5 Å². The van der Waals surface area contributed by atoms with Crippen molar-refractivity contribution in [2.75, 3.05) is 13.1 Å². The normalized spacial score (nSPS) is 22.3. The molecule has 2 fully saturated rings. The van der Waals surface area contributed by atoms with Crippen LogP contribution in [0.25, 0.3) is 0 Å². The summed E-state index contributed by atoms with van der Waals surface area (Å²) in [6.07, 6.45) is 2.88. The number of fused-ring (bicyclic) bond motifs is 1. The Hall–Kier alpha value is -2.99. The van der Waals surface area contributed by atoms with E-state index in [-0.39, 0.29) is 35.5 Å². The summed E-state index contributed by atoms with van der Waals surface area (Å²) in [6, 6.07) is 17.3. The Balaban J connectivity index is 1.25. The summed E-state index contributed by atoms with van der Waals surface area (Å²) in [4.78, 5) is 45.9. The average Bonchev–Trinajstić information content (AvgIpc) is 3.30. The van der Waals surface area contributed by atoms with E-state index in [2.05, 4.69) is 0 Å². The highest BCUT2D eigenvalue weighted by atomic mass is 16.7. The number of likely N-dealkylation sites (tertiary alicyclic amines) is 1. The number of piperidine rings is 1. The number of ketones is 1. The van der Waals surface area contributed by atoms with Crippen LogP contribution in [-0.4, -0.2) is 46.2 Å². The molecule has 1 atom stereocenters. The zero-order valence-electron chi connectivity index (χ0n) is 17.5. The number of hydrogen-bond donors (Lipinski definition) is 0. The first kappa shape index (κ1) is 19.9. The Labute approximate surface area is 181 Å². The van der Waals surface area contributed by atoms with E-state index in [1.807, 2.05) is 59.5 Å². The lowest BCUT2D eigenvalue weighted by molar-refractivity contribution is -0.222. The maximum atomic E-state index is 13.2. The fraction of sp³-hybridized carbons (Fsp3) is 0.400. The van der Waals surface area contributed by atoms with Crippen molar-refractivity contribution in [2.45, 2.75) is 50.2 Å². The predicted octanol–water partition coefficient (Wildman–Crippen LogP) is 3.47. The summed E-state index contributed by atoms with van der Waals surface area (Å²) in [6.45, 7) is 1.51. The van der Waals surface area contributed by atoms with Crippen LogP contribution in [0.15, 0.2) is 54.6 Å². The highest BCUT2D eigenvalue weighted by molar-refractivity contribution is 6.06. The van der Waals surface area contributed by atoms with Gasteiger partial charge in [-0.2, -0.15) is 0 Å². The van der Waals surface area contributed by atoms with Gasteiger partial charge in [-0.3, -0.25) is 19.2 Å². The van der Waals surface area contributed by atoms with Crippen molar-refractivity contribution in [2.24, 2.45) is 0 Å². The minimum absolute atomic E-state index is 0.0195. The fourth-order valence-electron chi connectivity index (χ4n) is 5.23. The van der Waals surface area contributed by atoms with Crippen LogP contribution < -0.4 is 0 Å². The van der Waals surface area contributed by atoms with E-state index in [0.29, 0.717) is 44.5 Å². The van der Waals surface area contributed by atoms with Crippen LogP contribution >= 0.6 is 0 Å². The van der Waals surface area contributed by atoms with E-state index in [4.69, 9.17) is 4.84 Å². The van der Waals surface area contributed by atoms with Crippen molar-refractivity contribution in [3.8, 4) is 0 Å². The highest BCUT2D eigenvalue weighted by Crippen LogP contribution is 2.41. The largest absolute Gasteiger partial charge is 0.342 e. The van der Waals surface area contributed by atoms with E-state index in [9.17, 15) is 14.4 Å². The van der Waals surface area contributed by atoms with Gasteiger partial charge < -0.3 is 4.90 Å². The van der Waals surface area contributed by atoms with Crippen molar-refractivity contribution in [3.63, 3.8) is 0 Å². The highest BCUT2D eigenvalue weighted by Gasteiger charge is 2.49. The Morgan fingerprint density at radius 3 is 2.45 bits per heavy atom. The maximum absolute atomic E-state index is 13.2. The van der Waals surface area contributed by atoms with Gasteiger partial charge in [0.15, 0.2) is 5.78 Å². The first-order valence-electron chi connectivity index (χ1n) is 11.0. The molecule has 6 nitrogen and oxygen atoms in total. The summed E-state index contributed by atoms with van der Waals surface area (Å²) >= 11 is 0. The zero-order valence-corrected chi connectivity index (χ0v) is 17.5. The summed E-state index contributed by atoms with van der Waals surface area (Å²) in [7, 11) is 0. The molecule has 2 aliphatic heterocycles. The SMILES string of the molecule is O=C1CC(C(=O)N2CCC3(CCC(=O)N3OCc3ccccc3)CC2)c2ccccc21. The Morgan fingerprint density at radius 2 is 1.68 bits per heavy atom. The topological polar surface area (TPSA) is 66.9 Å². The van der Waals surface area contributed by atoms with Gasteiger partial charge in [0.2, 0.25) is 11.8 Å². The van der Waals surface area contributed by atoms with Crippen LogP contribution in [-0.2, 0) is 21.0 Å². The van der Waals surface area contributed by atoms with Gasteiger partial charge in [0.25, 0.3) is 0 Å². The first-order valence-corrected chi connectivity index (χ1v) is 11.0. The lowest BCUT2D eigenvalue weighted by Crippen LogP contribution is -2.54. The van der Waals surface area contributed by atoms with Crippen molar-refractivity contribution in [3.05, 3.63) is 71.3 Å². The molecular weight excluding hydrogens is 392 g/mol. The molecule has 3 aliphatic rings. The van der Waals surface area contributed by atoms with Crippen molar-refractivity contribution in [1.29, 1.82) is 0 Å². The lowest BCUT2D eigenvalue weighted by atomic mass is 9.85. The molecule has 1 spiro atoms. The average molecular weight is 418 g/mol. The molecule has 1 unspecified atom stereocenters. The minimum Gasteiger partial charge on any atom is -0.342 e. The molecule has 31 heavy (non-hydrogen) atoms. The number of amides is 2. The third-order valence-corrected chi connectivity index (χ3v) is 6.99. The second kappa shape index (κ2) is 7.93. The Morgan fingerprint density at radius 1 is 0.968 bits per heavy atom. The Kier molecular flexibility index (Phi) is 5.10. The summed E-state index contributed by atoms with van der Waals surface area (Å²) < 4.78 is 0. The molecule has 0 bridgehead atoms. The first-order chi connectivity index (χ1) is 15.1. The second-order valence-corrected chi connectivity index (χ2v) is 8.76. The van der Waals surface area contributed by atoms with Crippen LogP contribution in [0, 0.1) is 0 Å². The third kappa shape index (κ3) is 3.55. The van der Waals surface area contributed by atoms with Crippen LogP contribution in [0.3, 0.4) is 0 Å². The van der Waals surface area contributed by atoms with Gasteiger partial charge >= 0.3 is 0 Å². The van der Waals surface area contributed by atoms with E-state index < -0.39 is 0 Å².